The van der Waals surface area contributed by atoms with Crippen LogP contribution in [0.1, 0.15) is 6.92 Å². The molecule has 0 radical (unpaired) electrons. The van der Waals surface area contributed by atoms with Gasteiger partial charge in [-0.2, -0.15) is 82.7 Å². The maximum absolute atomic E-state index is 8.89. The molecule has 0 bridgehead atoms. The third kappa shape index (κ3) is 24.3. The van der Waals surface area contributed by atoms with Gasteiger partial charge in [-0.25, -0.2) is 0 Å². The van der Waals surface area contributed by atoms with Gasteiger partial charge in [0.1, 0.15) is 0 Å². The summed E-state index contributed by atoms with van der Waals surface area (Å²) >= 11 is 0. The zero-order valence-electron chi connectivity index (χ0n) is 10.1. The molecule has 0 aromatic heterocycles. The maximum atomic E-state index is 8.89. The largest absolute Gasteiger partial charge is 0.550 e. The zero-order chi connectivity index (χ0) is 12.1. The summed E-state index contributed by atoms with van der Waals surface area (Å²) < 4.78 is 0. The summed E-state index contributed by atoms with van der Waals surface area (Å²) in [5.74, 6) is -1.08. The molecule has 18 heavy (non-hydrogen) atoms. The minimum atomic E-state index is -1.08. The van der Waals surface area contributed by atoms with Gasteiger partial charge in [-0.1, -0.05) is 0 Å². The molecule has 4 heteroatoms. The van der Waals surface area contributed by atoms with Crippen LogP contribution in [-0.2, 0) is 25.2 Å². The van der Waals surface area contributed by atoms with Gasteiger partial charge in [-0.05, 0) is 6.92 Å². The van der Waals surface area contributed by atoms with Gasteiger partial charge in [0.25, 0.3) is 0 Å². The summed E-state index contributed by atoms with van der Waals surface area (Å²) in [5.41, 5.74) is 0. The van der Waals surface area contributed by atoms with Crippen LogP contribution < -0.4 is 5.11 Å². The van der Waals surface area contributed by atoms with Gasteiger partial charge in [-0.15, -0.1) is 0 Å². The predicted molar refractivity (Wildman–Crippen MR) is 72.3 cm³/mol. The van der Waals surface area contributed by atoms with Crippen LogP contribution >= 0.6 is 9.90 Å². The van der Waals surface area contributed by atoms with Crippen LogP contribution in [-0.4, -0.2) is 5.97 Å². The zero-order valence-corrected chi connectivity index (χ0v) is 13.1. The normalized spacial score (nSPS) is 6.72. The fourth-order valence-corrected chi connectivity index (χ4v) is 0.684. The van der Waals surface area contributed by atoms with Crippen LogP contribution in [0.15, 0.2) is 60.7 Å². The van der Waals surface area contributed by atoms with E-state index in [9.17, 15) is 0 Å². The fraction of sp³-hybridized carbons (Fsp3) is 0.0714. The van der Waals surface area contributed by atoms with E-state index >= 15 is 0 Å². The van der Waals surface area contributed by atoms with Gasteiger partial charge in [0, 0.05) is 26.4 Å². The number of carbonyl (C=O) groups excluding carboxylic acids is 1. The summed E-state index contributed by atoms with van der Waals surface area (Å²) in [4.78, 5) is 8.89. The summed E-state index contributed by atoms with van der Waals surface area (Å²) in [6.45, 7) is 0.972. The van der Waals surface area contributed by atoms with Crippen molar-refractivity contribution in [2.75, 3.05) is 0 Å². The van der Waals surface area contributed by atoms with Gasteiger partial charge in [-0.3, -0.25) is 0 Å². The van der Waals surface area contributed by atoms with Crippen molar-refractivity contribution in [1.82, 2.24) is 0 Å². The van der Waals surface area contributed by atoms with E-state index in [1.807, 2.05) is 60.7 Å². The second kappa shape index (κ2) is 18.4. The standard InChI is InChI=1S/2C6H5.C2H4O2.H3P.Pd/c2*1-2-4-6-5-3-1;1-2(3)4;;/h2*1-5H;1H3,(H,3,4);1H3;/q2*-1;;;/p-1. The van der Waals surface area contributed by atoms with E-state index in [4.69, 9.17) is 9.90 Å². The minimum Gasteiger partial charge on any atom is -0.550 e. The Bertz CT molecular complexity index is 266. The number of benzene rings is 2. The Kier molecular flexibility index (Phi) is 22.7. The number of hydrogen-bond acceptors (Lipinski definition) is 2. The van der Waals surface area contributed by atoms with Crippen molar-refractivity contribution in [2.45, 2.75) is 6.92 Å². The molecule has 0 N–H and O–H groups in total. The van der Waals surface area contributed by atoms with Crippen LogP contribution in [0.3, 0.4) is 0 Å². The smallest absolute Gasteiger partial charge is 0.0383 e. The Morgan fingerprint density at radius 3 is 1.11 bits per heavy atom. The van der Waals surface area contributed by atoms with Crippen LogP contribution in [0.4, 0.5) is 0 Å². The van der Waals surface area contributed by atoms with Gasteiger partial charge in [0.05, 0.1) is 0 Å². The molecule has 0 saturated carbocycles. The molecular formula is C14H16O2PPd-3. The van der Waals surface area contributed by atoms with Crippen LogP contribution in [0.5, 0.6) is 0 Å². The molecule has 0 aliphatic carbocycles. The fourth-order valence-electron chi connectivity index (χ4n) is 0.684. The predicted octanol–water partition coefficient (Wildman–Crippen LogP) is 1.79. The Morgan fingerprint density at radius 1 is 0.833 bits per heavy atom. The van der Waals surface area contributed by atoms with Gasteiger partial charge < -0.3 is 9.90 Å². The first-order valence-corrected chi connectivity index (χ1v) is 4.73. The van der Waals surface area contributed by atoms with Crippen LogP contribution in [0.2, 0.25) is 0 Å². The third-order valence-electron chi connectivity index (χ3n) is 1.21. The summed E-state index contributed by atoms with van der Waals surface area (Å²) in [5, 5.41) is 8.89. The molecule has 1 atom stereocenters. The quantitative estimate of drug-likeness (QED) is 0.411. The minimum absolute atomic E-state index is 0. The molecule has 0 aliphatic heterocycles. The maximum Gasteiger partial charge on any atom is 0.0383 e. The number of carboxylic acid groups (broad SMARTS) is 1. The van der Waals surface area contributed by atoms with Crippen molar-refractivity contribution >= 4 is 15.9 Å². The van der Waals surface area contributed by atoms with E-state index in [0.29, 0.717) is 0 Å². The van der Waals surface area contributed by atoms with Crippen molar-refractivity contribution in [1.29, 1.82) is 0 Å². The Morgan fingerprint density at radius 2 is 1.06 bits per heavy atom. The second-order valence-electron chi connectivity index (χ2n) is 2.65. The molecule has 102 valence electrons. The van der Waals surface area contributed by atoms with Crippen molar-refractivity contribution < 1.29 is 30.3 Å². The molecule has 1 unspecified atom stereocenters. The van der Waals surface area contributed by atoms with Crippen molar-refractivity contribution in [3.8, 4) is 0 Å². The molecule has 2 aromatic rings. The van der Waals surface area contributed by atoms with Crippen LogP contribution in [0, 0.1) is 12.1 Å². The molecule has 0 saturated heterocycles. The molecule has 0 aliphatic rings. The third-order valence-corrected chi connectivity index (χ3v) is 1.21. The molecule has 2 rings (SSSR count). The Labute approximate surface area is 126 Å². The first kappa shape index (κ1) is 22.2. The van der Waals surface area contributed by atoms with Crippen molar-refractivity contribution in [3.05, 3.63) is 72.8 Å². The average Bonchev–Trinajstić information content (AvgIpc) is 2.34. The Hall–Kier alpha value is -0.998. The number of aliphatic carboxylic acids is 1. The molecule has 0 heterocycles. The van der Waals surface area contributed by atoms with Crippen LogP contribution in [0.25, 0.3) is 0 Å². The van der Waals surface area contributed by atoms with E-state index in [1.165, 1.54) is 0 Å². The molecule has 2 aromatic carbocycles. The Balaban J connectivity index is -0.000000182. The summed E-state index contributed by atoms with van der Waals surface area (Å²) in [7, 11) is 0. The molecule has 2 nitrogen and oxygen atoms in total. The van der Waals surface area contributed by atoms with Gasteiger partial charge in [0.2, 0.25) is 0 Å². The molecule has 0 spiro atoms. The van der Waals surface area contributed by atoms with Gasteiger partial charge >= 0.3 is 0 Å². The number of carbonyl (C=O) groups is 1. The monoisotopic (exact) mass is 353 g/mol. The van der Waals surface area contributed by atoms with Crippen molar-refractivity contribution in [3.63, 3.8) is 0 Å². The first-order valence-electron chi connectivity index (χ1n) is 4.73. The van der Waals surface area contributed by atoms with Gasteiger partial charge in [0.15, 0.2) is 0 Å². The summed E-state index contributed by atoms with van der Waals surface area (Å²) in [6, 6.07) is 25.0. The summed E-state index contributed by atoms with van der Waals surface area (Å²) in [6.07, 6.45) is 0. The molecule has 0 fully saturated rings. The molecule has 0 amide bonds. The second-order valence-corrected chi connectivity index (χ2v) is 2.65. The van der Waals surface area contributed by atoms with E-state index in [1.54, 1.807) is 0 Å². The number of carboxylic acids is 1. The van der Waals surface area contributed by atoms with Crippen molar-refractivity contribution in [2.24, 2.45) is 0 Å². The molecular weight excluding hydrogens is 338 g/mol. The average molecular weight is 354 g/mol. The number of rotatable bonds is 0. The van der Waals surface area contributed by atoms with E-state index in [-0.39, 0.29) is 30.3 Å². The number of hydrogen-bond donors (Lipinski definition) is 0. The SMILES string of the molecule is CC(=O)[O-].P.[Pd].[c-]1ccccc1.[c-]1ccccc1. The van der Waals surface area contributed by atoms with E-state index in [0.717, 1.165) is 6.92 Å². The first-order chi connectivity index (χ1) is 7.73. The van der Waals surface area contributed by atoms with E-state index < -0.39 is 5.97 Å². The topological polar surface area (TPSA) is 40.1 Å². The van der Waals surface area contributed by atoms with E-state index in [2.05, 4.69) is 12.1 Å².